The van der Waals surface area contributed by atoms with E-state index in [4.69, 9.17) is 22.7 Å². The van der Waals surface area contributed by atoms with E-state index in [1.165, 1.54) is 11.8 Å². The first-order valence-corrected chi connectivity index (χ1v) is 6.08. The van der Waals surface area contributed by atoms with Gasteiger partial charge in [0.2, 0.25) is 0 Å². The molecule has 0 unspecified atom stereocenters. The van der Waals surface area contributed by atoms with E-state index in [1.807, 2.05) is 18.2 Å². The molecule has 0 aliphatic rings. The van der Waals surface area contributed by atoms with E-state index in [1.54, 1.807) is 24.5 Å². The van der Waals surface area contributed by atoms with E-state index in [0.717, 1.165) is 9.79 Å². The van der Waals surface area contributed by atoms with Gasteiger partial charge in [0.15, 0.2) is 0 Å². The summed E-state index contributed by atoms with van der Waals surface area (Å²) < 4.78 is 0. The summed E-state index contributed by atoms with van der Waals surface area (Å²) in [5.74, 6) is 0.0400. The third-order valence-electron chi connectivity index (χ3n) is 2.11. The second-order valence-electron chi connectivity index (χ2n) is 3.34. The zero-order chi connectivity index (χ0) is 12.3. The lowest BCUT2D eigenvalue weighted by Gasteiger charge is -2.08. The minimum atomic E-state index is 0.0400. The van der Waals surface area contributed by atoms with Gasteiger partial charge >= 0.3 is 0 Å². The van der Waals surface area contributed by atoms with E-state index in [9.17, 15) is 0 Å². The number of rotatable bonds is 3. The van der Waals surface area contributed by atoms with Crippen molar-refractivity contribution in [1.29, 1.82) is 5.41 Å². The van der Waals surface area contributed by atoms with Crippen molar-refractivity contribution < 1.29 is 0 Å². The van der Waals surface area contributed by atoms with Crippen LogP contribution < -0.4 is 5.73 Å². The number of halogens is 1. The maximum absolute atomic E-state index is 7.52. The van der Waals surface area contributed by atoms with E-state index >= 15 is 0 Å². The summed E-state index contributed by atoms with van der Waals surface area (Å²) in [7, 11) is 0. The summed E-state index contributed by atoms with van der Waals surface area (Å²) in [5.41, 5.74) is 6.22. The molecule has 0 atom stereocenters. The molecule has 2 rings (SSSR count). The lowest BCUT2D eigenvalue weighted by Crippen LogP contribution is -2.12. The maximum atomic E-state index is 7.52. The van der Waals surface area contributed by atoms with E-state index in [-0.39, 0.29) is 5.84 Å². The molecule has 86 valence electrons. The lowest BCUT2D eigenvalue weighted by atomic mass is 10.2. The SMILES string of the molecule is N=C(N)c1ccc(Cl)cc1Sc1ccncc1. The molecule has 5 heteroatoms. The van der Waals surface area contributed by atoms with Crippen molar-refractivity contribution in [3.63, 3.8) is 0 Å². The second-order valence-corrected chi connectivity index (χ2v) is 4.89. The number of nitrogens with zero attached hydrogens (tertiary/aromatic N) is 1. The van der Waals surface area contributed by atoms with Gasteiger partial charge in [-0.05, 0) is 30.3 Å². The van der Waals surface area contributed by atoms with Gasteiger partial charge in [-0.3, -0.25) is 10.4 Å². The molecule has 0 aliphatic carbocycles. The number of amidine groups is 1. The first-order chi connectivity index (χ1) is 8.16. The molecule has 0 radical (unpaired) electrons. The number of hydrogen-bond donors (Lipinski definition) is 2. The largest absolute Gasteiger partial charge is 0.384 e. The molecule has 3 N–H and O–H groups in total. The Balaban J connectivity index is 2.37. The van der Waals surface area contributed by atoms with Gasteiger partial charge in [-0.2, -0.15) is 0 Å². The fraction of sp³-hybridized carbons (Fsp3) is 0. The van der Waals surface area contributed by atoms with Crippen molar-refractivity contribution in [3.05, 3.63) is 53.3 Å². The molecule has 1 aromatic carbocycles. The molecule has 0 amide bonds. The Hall–Kier alpha value is -1.52. The van der Waals surface area contributed by atoms with Crippen LogP contribution in [-0.2, 0) is 0 Å². The van der Waals surface area contributed by atoms with Crippen molar-refractivity contribution in [2.24, 2.45) is 5.73 Å². The summed E-state index contributed by atoms with van der Waals surface area (Å²) in [5, 5.41) is 8.15. The molecule has 1 heterocycles. The summed E-state index contributed by atoms with van der Waals surface area (Å²) in [6, 6.07) is 9.09. The van der Waals surface area contributed by atoms with Crippen LogP contribution in [-0.4, -0.2) is 10.8 Å². The zero-order valence-electron chi connectivity index (χ0n) is 8.85. The van der Waals surface area contributed by atoms with Gasteiger partial charge in [-0.1, -0.05) is 23.4 Å². The zero-order valence-corrected chi connectivity index (χ0v) is 10.4. The highest BCUT2D eigenvalue weighted by molar-refractivity contribution is 7.99. The predicted molar refractivity (Wildman–Crippen MR) is 70.8 cm³/mol. The molecular formula is C12H10ClN3S. The number of nitrogens with two attached hydrogens (primary N) is 1. The maximum Gasteiger partial charge on any atom is 0.123 e. The normalized spacial score (nSPS) is 10.2. The predicted octanol–water partition coefficient (Wildman–Crippen LogP) is 3.17. The first kappa shape index (κ1) is 12.0. The van der Waals surface area contributed by atoms with E-state index < -0.39 is 0 Å². The molecule has 0 bridgehead atoms. The van der Waals surface area contributed by atoms with Crippen molar-refractivity contribution in [2.45, 2.75) is 9.79 Å². The van der Waals surface area contributed by atoms with E-state index in [0.29, 0.717) is 10.6 Å². The number of benzene rings is 1. The Labute approximate surface area is 109 Å². The quantitative estimate of drug-likeness (QED) is 0.660. The van der Waals surface area contributed by atoms with Gasteiger partial charge in [-0.25, -0.2) is 0 Å². The Bertz CT molecular complexity index is 543. The van der Waals surface area contributed by atoms with Gasteiger partial charge in [0.25, 0.3) is 0 Å². The Morgan fingerprint density at radius 3 is 2.59 bits per heavy atom. The van der Waals surface area contributed by atoms with Crippen LogP contribution in [0.25, 0.3) is 0 Å². The molecule has 17 heavy (non-hydrogen) atoms. The van der Waals surface area contributed by atoms with Crippen LogP contribution in [0.3, 0.4) is 0 Å². The van der Waals surface area contributed by atoms with Crippen LogP contribution >= 0.6 is 23.4 Å². The Morgan fingerprint density at radius 2 is 1.94 bits per heavy atom. The van der Waals surface area contributed by atoms with Gasteiger partial charge in [0.1, 0.15) is 5.84 Å². The molecule has 1 aromatic heterocycles. The number of hydrogen-bond acceptors (Lipinski definition) is 3. The summed E-state index contributed by atoms with van der Waals surface area (Å²) in [4.78, 5) is 5.86. The highest BCUT2D eigenvalue weighted by atomic mass is 35.5. The molecule has 3 nitrogen and oxygen atoms in total. The molecule has 0 spiro atoms. The fourth-order valence-corrected chi connectivity index (χ4v) is 2.56. The van der Waals surface area contributed by atoms with Gasteiger partial charge < -0.3 is 5.73 Å². The molecule has 0 saturated carbocycles. The molecule has 2 aromatic rings. The third kappa shape index (κ3) is 2.99. The molecule has 0 saturated heterocycles. The first-order valence-electron chi connectivity index (χ1n) is 4.88. The number of nitrogen functional groups attached to an aromatic ring is 1. The molecular weight excluding hydrogens is 254 g/mol. The van der Waals surface area contributed by atoms with Gasteiger partial charge in [0, 0.05) is 32.8 Å². The standard InChI is InChI=1S/C12H10ClN3S/c13-8-1-2-10(12(14)15)11(7-8)17-9-3-5-16-6-4-9/h1-7H,(H3,14,15). The Morgan fingerprint density at radius 1 is 1.24 bits per heavy atom. The Kier molecular flexibility index (Phi) is 3.66. The highest BCUT2D eigenvalue weighted by Crippen LogP contribution is 2.31. The van der Waals surface area contributed by atoms with Crippen LogP contribution in [0.2, 0.25) is 5.02 Å². The number of aromatic nitrogens is 1. The topological polar surface area (TPSA) is 62.8 Å². The molecule has 0 aliphatic heterocycles. The van der Waals surface area contributed by atoms with Gasteiger partial charge in [0.05, 0.1) is 0 Å². The number of pyridine rings is 1. The summed E-state index contributed by atoms with van der Waals surface area (Å²) >= 11 is 7.46. The summed E-state index contributed by atoms with van der Waals surface area (Å²) in [6.07, 6.45) is 3.45. The van der Waals surface area contributed by atoms with Crippen molar-refractivity contribution in [3.8, 4) is 0 Å². The fourth-order valence-electron chi connectivity index (χ4n) is 1.34. The highest BCUT2D eigenvalue weighted by Gasteiger charge is 2.07. The minimum absolute atomic E-state index is 0.0400. The molecule has 0 fully saturated rings. The lowest BCUT2D eigenvalue weighted by molar-refractivity contribution is 1.26. The van der Waals surface area contributed by atoms with Crippen LogP contribution in [0.5, 0.6) is 0 Å². The average molecular weight is 264 g/mol. The van der Waals surface area contributed by atoms with E-state index in [2.05, 4.69) is 4.98 Å². The van der Waals surface area contributed by atoms with Gasteiger partial charge in [-0.15, -0.1) is 0 Å². The van der Waals surface area contributed by atoms with Crippen molar-refractivity contribution in [2.75, 3.05) is 0 Å². The van der Waals surface area contributed by atoms with Crippen LogP contribution in [0, 0.1) is 5.41 Å². The monoisotopic (exact) mass is 263 g/mol. The van der Waals surface area contributed by atoms with Crippen molar-refractivity contribution >= 4 is 29.2 Å². The smallest absolute Gasteiger partial charge is 0.123 e. The number of nitrogens with one attached hydrogen (secondary N) is 1. The third-order valence-corrected chi connectivity index (χ3v) is 3.41. The van der Waals surface area contributed by atoms with Crippen LogP contribution in [0.15, 0.2) is 52.5 Å². The van der Waals surface area contributed by atoms with Crippen molar-refractivity contribution in [1.82, 2.24) is 4.98 Å². The van der Waals surface area contributed by atoms with Crippen LogP contribution in [0.4, 0.5) is 0 Å². The summed E-state index contributed by atoms with van der Waals surface area (Å²) in [6.45, 7) is 0. The average Bonchev–Trinajstić information content (AvgIpc) is 2.30. The second kappa shape index (κ2) is 5.21. The minimum Gasteiger partial charge on any atom is -0.384 e. The van der Waals surface area contributed by atoms with Crippen LogP contribution in [0.1, 0.15) is 5.56 Å².